The molecule has 0 saturated carbocycles. The van der Waals surface area contributed by atoms with E-state index < -0.39 is 11.0 Å². The van der Waals surface area contributed by atoms with Gasteiger partial charge in [0.15, 0.2) is 0 Å². The lowest BCUT2D eigenvalue weighted by atomic mass is 9.94. The van der Waals surface area contributed by atoms with Gasteiger partial charge in [-0.05, 0) is 12.5 Å². The zero-order valence-electron chi connectivity index (χ0n) is 6.70. The van der Waals surface area contributed by atoms with Crippen LogP contribution in [0.5, 0.6) is 0 Å². The lowest BCUT2D eigenvalue weighted by molar-refractivity contribution is 0.190. The van der Waals surface area contributed by atoms with Gasteiger partial charge < -0.3 is 5.11 Å². The molecule has 64 valence electrons. The summed E-state index contributed by atoms with van der Waals surface area (Å²) in [7, 11) is 0. The van der Waals surface area contributed by atoms with E-state index in [1.54, 1.807) is 6.08 Å². The van der Waals surface area contributed by atoms with Crippen molar-refractivity contribution in [2.45, 2.75) is 17.4 Å². The summed E-state index contributed by atoms with van der Waals surface area (Å²) in [6, 6.07) is 0. The molecule has 1 rings (SSSR count). The number of aliphatic hydroxyl groups excluding tert-OH is 1. The molecule has 2 unspecified atom stereocenters. The van der Waals surface area contributed by atoms with Gasteiger partial charge in [0.05, 0.1) is 4.87 Å². The minimum Gasteiger partial charge on any atom is -0.386 e. The third-order valence-corrected chi connectivity index (χ3v) is 2.32. The van der Waals surface area contributed by atoms with E-state index in [0.29, 0.717) is 6.42 Å². The molecule has 1 N–H and O–H groups in total. The molecule has 12 heavy (non-hydrogen) atoms. The van der Waals surface area contributed by atoms with Gasteiger partial charge in [-0.15, -0.1) is 17.3 Å². The molecule has 1 aliphatic rings. The first-order valence-corrected chi connectivity index (χ1v) is 4.14. The van der Waals surface area contributed by atoms with Gasteiger partial charge in [-0.25, -0.2) is 0 Å². The Balaban J connectivity index is 2.78. The Morgan fingerprint density at radius 3 is 2.92 bits per heavy atom. The standard InChI is InChI=1S/C10H11ClO/c1-2-6-9(12)10(11)7-4-3-5-8-10/h3-7,9,12H,1,8H2. The van der Waals surface area contributed by atoms with Gasteiger partial charge in [0.1, 0.15) is 6.10 Å². The lowest BCUT2D eigenvalue weighted by Gasteiger charge is -2.26. The van der Waals surface area contributed by atoms with E-state index in [9.17, 15) is 5.11 Å². The van der Waals surface area contributed by atoms with E-state index >= 15 is 0 Å². The third-order valence-electron chi connectivity index (χ3n) is 1.82. The Bertz CT molecular complexity index is 261. The van der Waals surface area contributed by atoms with Crippen molar-refractivity contribution in [3.05, 3.63) is 42.7 Å². The first-order valence-electron chi connectivity index (χ1n) is 3.76. The fraction of sp³-hybridized carbons (Fsp3) is 0.300. The van der Waals surface area contributed by atoms with Crippen molar-refractivity contribution < 1.29 is 5.11 Å². The maximum absolute atomic E-state index is 9.56. The second-order valence-electron chi connectivity index (χ2n) is 2.73. The second-order valence-corrected chi connectivity index (χ2v) is 3.44. The van der Waals surface area contributed by atoms with Crippen molar-refractivity contribution in [2.75, 3.05) is 0 Å². The molecule has 1 nitrogen and oxygen atoms in total. The fourth-order valence-electron chi connectivity index (χ4n) is 1.08. The number of allylic oxidation sites excluding steroid dienone is 3. The van der Waals surface area contributed by atoms with Crippen LogP contribution in [0, 0.1) is 0 Å². The van der Waals surface area contributed by atoms with E-state index in [1.807, 2.05) is 18.2 Å². The quantitative estimate of drug-likeness (QED) is 0.513. The Morgan fingerprint density at radius 1 is 1.67 bits per heavy atom. The van der Waals surface area contributed by atoms with Crippen LogP contribution < -0.4 is 0 Å². The van der Waals surface area contributed by atoms with Crippen LogP contribution in [0.25, 0.3) is 0 Å². The fourth-order valence-corrected chi connectivity index (χ4v) is 1.31. The highest BCUT2D eigenvalue weighted by molar-refractivity contribution is 6.26. The summed E-state index contributed by atoms with van der Waals surface area (Å²) in [4.78, 5) is -0.709. The summed E-state index contributed by atoms with van der Waals surface area (Å²) in [5.74, 6) is 0. The van der Waals surface area contributed by atoms with Gasteiger partial charge in [0.2, 0.25) is 0 Å². The van der Waals surface area contributed by atoms with Crippen molar-refractivity contribution in [2.24, 2.45) is 0 Å². The molecule has 0 aromatic rings. The van der Waals surface area contributed by atoms with Gasteiger partial charge in [0, 0.05) is 0 Å². The minimum atomic E-state index is -0.724. The molecule has 0 aromatic carbocycles. The number of hydrogen-bond acceptors (Lipinski definition) is 1. The molecule has 1 aliphatic carbocycles. The average molecular weight is 183 g/mol. The zero-order valence-corrected chi connectivity index (χ0v) is 7.46. The van der Waals surface area contributed by atoms with Gasteiger partial charge in [-0.1, -0.05) is 30.9 Å². The van der Waals surface area contributed by atoms with Gasteiger partial charge in [0.25, 0.3) is 0 Å². The molecule has 0 saturated heterocycles. The molecule has 0 fully saturated rings. The lowest BCUT2D eigenvalue weighted by Crippen LogP contribution is -2.33. The van der Waals surface area contributed by atoms with Crippen LogP contribution in [-0.4, -0.2) is 16.1 Å². The van der Waals surface area contributed by atoms with Crippen LogP contribution in [0.3, 0.4) is 0 Å². The Morgan fingerprint density at radius 2 is 2.42 bits per heavy atom. The van der Waals surface area contributed by atoms with E-state index in [0.717, 1.165) is 0 Å². The van der Waals surface area contributed by atoms with Crippen molar-refractivity contribution >= 4 is 11.6 Å². The molecule has 0 radical (unpaired) electrons. The Hall–Kier alpha value is -0.750. The van der Waals surface area contributed by atoms with Crippen LogP contribution in [-0.2, 0) is 0 Å². The molecule has 2 atom stereocenters. The molecule has 0 amide bonds. The number of halogens is 1. The average Bonchev–Trinajstić information content (AvgIpc) is 2.06. The van der Waals surface area contributed by atoms with Gasteiger partial charge in [-0.3, -0.25) is 0 Å². The van der Waals surface area contributed by atoms with Crippen molar-refractivity contribution in [1.29, 1.82) is 0 Å². The van der Waals surface area contributed by atoms with Crippen molar-refractivity contribution in [3.8, 4) is 0 Å². The maximum atomic E-state index is 9.56. The maximum Gasteiger partial charge on any atom is 0.102 e. The molecule has 0 aliphatic heterocycles. The van der Waals surface area contributed by atoms with Crippen LogP contribution in [0.4, 0.5) is 0 Å². The van der Waals surface area contributed by atoms with Crippen LogP contribution in [0.1, 0.15) is 6.42 Å². The van der Waals surface area contributed by atoms with Gasteiger partial charge >= 0.3 is 0 Å². The number of aliphatic hydroxyl groups is 1. The van der Waals surface area contributed by atoms with E-state index in [4.69, 9.17) is 11.6 Å². The molecular weight excluding hydrogens is 172 g/mol. The summed E-state index contributed by atoms with van der Waals surface area (Å²) >= 11 is 6.12. The van der Waals surface area contributed by atoms with Crippen molar-refractivity contribution in [3.63, 3.8) is 0 Å². The van der Waals surface area contributed by atoms with Crippen LogP contribution in [0.15, 0.2) is 42.7 Å². The summed E-state index contributed by atoms with van der Waals surface area (Å²) < 4.78 is 0. The number of alkyl halides is 1. The molecule has 0 bridgehead atoms. The molecular formula is C10H11ClO. The largest absolute Gasteiger partial charge is 0.386 e. The number of hydrogen-bond donors (Lipinski definition) is 1. The first kappa shape index (κ1) is 9.34. The summed E-state index contributed by atoms with van der Waals surface area (Å²) in [5, 5.41) is 9.56. The highest BCUT2D eigenvalue weighted by Gasteiger charge is 2.31. The van der Waals surface area contributed by atoms with Crippen LogP contribution in [0.2, 0.25) is 0 Å². The van der Waals surface area contributed by atoms with Crippen LogP contribution >= 0.6 is 11.6 Å². The summed E-state index contributed by atoms with van der Waals surface area (Å²) in [5.41, 5.74) is 2.52. The predicted molar refractivity (Wildman–Crippen MR) is 51.2 cm³/mol. The van der Waals surface area contributed by atoms with Crippen molar-refractivity contribution in [1.82, 2.24) is 0 Å². The normalized spacial score (nSPS) is 29.5. The topological polar surface area (TPSA) is 20.2 Å². The highest BCUT2D eigenvalue weighted by atomic mass is 35.5. The SMILES string of the molecule is C=C=CC(O)C1(Cl)C=CC=CC1. The minimum absolute atomic E-state index is 0.629. The Kier molecular flexibility index (Phi) is 2.93. The summed E-state index contributed by atoms with van der Waals surface area (Å²) in [6.07, 6.45) is 8.82. The van der Waals surface area contributed by atoms with E-state index in [-0.39, 0.29) is 0 Å². The predicted octanol–water partition coefficient (Wildman–Crippen LogP) is 2.18. The number of rotatable bonds is 2. The second kappa shape index (κ2) is 3.77. The smallest absolute Gasteiger partial charge is 0.102 e. The van der Waals surface area contributed by atoms with E-state index in [1.165, 1.54) is 6.08 Å². The van der Waals surface area contributed by atoms with E-state index in [2.05, 4.69) is 12.3 Å². The third kappa shape index (κ3) is 1.89. The highest BCUT2D eigenvalue weighted by Crippen LogP contribution is 2.29. The summed E-state index contributed by atoms with van der Waals surface area (Å²) in [6.45, 7) is 3.39. The monoisotopic (exact) mass is 182 g/mol. The Labute approximate surface area is 77.4 Å². The molecule has 2 heteroatoms. The first-order chi connectivity index (χ1) is 5.69. The zero-order chi connectivity index (χ0) is 9.03. The van der Waals surface area contributed by atoms with Gasteiger partial charge in [-0.2, -0.15) is 0 Å². The molecule has 0 heterocycles. The molecule has 0 spiro atoms. The molecule has 0 aromatic heterocycles.